The van der Waals surface area contributed by atoms with Crippen molar-refractivity contribution < 1.29 is 9.53 Å². The average molecular weight is 410 g/mol. The fourth-order valence-electron chi connectivity index (χ4n) is 3.12. The summed E-state index contributed by atoms with van der Waals surface area (Å²) in [6, 6.07) is 24.5. The Hall–Kier alpha value is -4.19. The molecule has 4 rings (SSSR count). The number of benzene rings is 3. The van der Waals surface area contributed by atoms with E-state index in [-0.39, 0.29) is 5.91 Å². The molecule has 0 atom stereocenters. The maximum atomic E-state index is 12.5. The number of anilines is 3. The molecular weight excluding hydrogens is 388 g/mol. The van der Waals surface area contributed by atoms with Gasteiger partial charge in [-0.25, -0.2) is 9.97 Å². The van der Waals surface area contributed by atoms with Crippen LogP contribution in [0.15, 0.2) is 85.2 Å². The van der Waals surface area contributed by atoms with E-state index in [1.54, 1.807) is 43.5 Å². The number of rotatable bonds is 6. The first-order valence-electron chi connectivity index (χ1n) is 9.82. The smallest absolute Gasteiger partial charge is 0.255 e. The maximum Gasteiger partial charge on any atom is 0.255 e. The predicted octanol–water partition coefficient (Wildman–Crippen LogP) is 5.46. The van der Waals surface area contributed by atoms with Gasteiger partial charge in [-0.3, -0.25) is 4.79 Å². The van der Waals surface area contributed by atoms with E-state index in [1.165, 1.54) is 11.9 Å². The Bertz CT molecular complexity index is 1190. The SMILES string of the molecule is COc1ccc(NC(=O)c2ccc(Nc3cc(-c4cccc(C)c4)ncn3)cc2)cc1. The molecule has 1 amide bonds. The van der Waals surface area contributed by atoms with Crippen LogP contribution >= 0.6 is 0 Å². The largest absolute Gasteiger partial charge is 0.497 e. The highest BCUT2D eigenvalue weighted by molar-refractivity contribution is 6.04. The van der Waals surface area contributed by atoms with Crippen molar-refractivity contribution in [1.29, 1.82) is 0 Å². The molecule has 0 saturated heterocycles. The van der Waals surface area contributed by atoms with Crippen LogP contribution in [0.1, 0.15) is 15.9 Å². The fraction of sp³-hybridized carbons (Fsp3) is 0.0800. The number of hydrogen-bond acceptors (Lipinski definition) is 5. The first-order valence-corrected chi connectivity index (χ1v) is 9.82. The summed E-state index contributed by atoms with van der Waals surface area (Å²) >= 11 is 0. The van der Waals surface area contributed by atoms with Crippen molar-refractivity contribution >= 4 is 23.1 Å². The van der Waals surface area contributed by atoms with Gasteiger partial charge in [0.1, 0.15) is 17.9 Å². The zero-order valence-corrected chi connectivity index (χ0v) is 17.3. The zero-order chi connectivity index (χ0) is 21.6. The van der Waals surface area contributed by atoms with Crippen molar-refractivity contribution in [3.05, 3.63) is 96.3 Å². The van der Waals surface area contributed by atoms with Crippen molar-refractivity contribution in [2.45, 2.75) is 6.92 Å². The lowest BCUT2D eigenvalue weighted by molar-refractivity contribution is 0.102. The van der Waals surface area contributed by atoms with Crippen LogP contribution in [0, 0.1) is 6.92 Å². The van der Waals surface area contributed by atoms with E-state index >= 15 is 0 Å². The highest BCUT2D eigenvalue weighted by Gasteiger charge is 2.07. The summed E-state index contributed by atoms with van der Waals surface area (Å²) in [6.07, 6.45) is 1.54. The second-order valence-electron chi connectivity index (χ2n) is 7.04. The molecule has 0 aliphatic rings. The minimum Gasteiger partial charge on any atom is -0.497 e. The summed E-state index contributed by atoms with van der Waals surface area (Å²) in [5, 5.41) is 6.13. The van der Waals surface area contributed by atoms with Gasteiger partial charge in [-0.1, -0.05) is 23.8 Å². The Kier molecular flexibility index (Phi) is 5.89. The van der Waals surface area contributed by atoms with Gasteiger partial charge in [-0.2, -0.15) is 0 Å². The Morgan fingerprint density at radius 1 is 0.871 bits per heavy atom. The number of nitrogens with one attached hydrogen (secondary N) is 2. The number of aryl methyl sites for hydroxylation is 1. The van der Waals surface area contributed by atoms with Gasteiger partial charge in [0.05, 0.1) is 12.8 Å². The maximum absolute atomic E-state index is 12.5. The average Bonchev–Trinajstić information content (AvgIpc) is 2.80. The van der Waals surface area contributed by atoms with Gasteiger partial charge in [-0.05, 0) is 61.5 Å². The Morgan fingerprint density at radius 3 is 2.32 bits per heavy atom. The number of carbonyl (C=O) groups excluding carboxylic acids is 1. The Balaban J connectivity index is 1.43. The summed E-state index contributed by atoms with van der Waals surface area (Å²) < 4.78 is 5.13. The summed E-state index contributed by atoms with van der Waals surface area (Å²) in [4.78, 5) is 21.2. The quantitative estimate of drug-likeness (QED) is 0.442. The van der Waals surface area contributed by atoms with E-state index in [0.29, 0.717) is 17.1 Å². The molecule has 2 N–H and O–H groups in total. The summed E-state index contributed by atoms with van der Waals surface area (Å²) in [6.45, 7) is 2.05. The lowest BCUT2D eigenvalue weighted by Gasteiger charge is -2.09. The van der Waals surface area contributed by atoms with Crippen LogP contribution in [-0.2, 0) is 0 Å². The van der Waals surface area contributed by atoms with Crippen LogP contribution in [0.4, 0.5) is 17.2 Å². The van der Waals surface area contributed by atoms with Crippen molar-refractivity contribution in [2.75, 3.05) is 17.7 Å². The van der Waals surface area contributed by atoms with E-state index in [4.69, 9.17) is 4.74 Å². The van der Waals surface area contributed by atoms with Gasteiger partial charge in [-0.15, -0.1) is 0 Å². The number of carbonyl (C=O) groups is 1. The number of aromatic nitrogens is 2. The number of amides is 1. The van der Waals surface area contributed by atoms with Gasteiger partial charge in [0.15, 0.2) is 0 Å². The summed E-state index contributed by atoms with van der Waals surface area (Å²) in [5.74, 6) is 1.24. The van der Waals surface area contributed by atoms with Crippen LogP contribution in [0.5, 0.6) is 5.75 Å². The molecule has 6 heteroatoms. The first-order chi connectivity index (χ1) is 15.1. The molecule has 0 unspecified atom stereocenters. The van der Waals surface area contributed by atoms with Crippen molar-refractivity contribution in [3.63, 3.8) is 0 Å². The molecule has 154 valence electrons. The van der Waals surface area contributed by atoms with Gasteiger partial charge in [0.2, 0.25) is 0 Å². The number of ether oxygens (including phenoxy) is 1. The van der Waals surface area contributed by atoms with E-state index < -0.39 is 0 Å². The Labute approximate surface area is 181 Å². The van der Waals surface area contributed by atoms with Crippen molar-refractivity contribution in [3.8, 4) is 17.0 Å². The zero-order valence-electron chi connectivity index (χ0n) is 17.3. The van der Waals surface area contributed by atoms with Gasteiger partial charge in [0.25, 0.3) is 5.91 Å². The molecule has 0 aliphatic carbocycles. The van der Waals surface area contributed by atoms with E-state index in [1.807, 2.05) is 30.3 Å². The first kappa shape index (κ1) is 20.1. The molecule has 1 aromatic heterocycles. The minimum atomic E-state index is -0.180. The van der Waals surface area contributed by atoms with Crippen LogP contribution in [-0.4, -0.2) is 23.0 Å². The molecular formula is C25H22N4O2. The van der Waals surface area contributed by atoms with Crippen LogP contribution < -0.4 is 15.4 Å². The number of nitrogens with zero attached hydrogens (tertiary/aromatic N) is 2. The van der Waals surface area contributed by atoms with Crippen LogP contribution in [0.25, 0.3) is 11.3 Å². The standard InChI is InChI=1S/C25H22N4O2/c1-17-4-3-5-19(14-17)23-15-24(27-16-26-23)28-20-8-6-18(7-9-20)25(30)29-21-10-12-22(31-2)13-11-21/h3-16H,1-2H3,(H,29,30)(H,26,27,28). The highest BCUT2D eigenvalue weighted by atomic mass is 16.5. The molecule has 3 aromatic carbocycles. The molecule has 0 bridgehead atoms. The normalized spacial score (nSPS) is 10.4. The highest BCUT2D eigenvalue weighted by Crippen LogP contribution is 2.22. The molecule has 31 heavy (non-hydrogen) atoms. The third kappa shape index (κ3) is 5.05. The van der Waals surface area contributed by atoms with Gasteiger partial charge >= 0.3 is 0 Å². The van der Waals surface area contributed by atoms with Gasteiger partial charge < -0.3 is 15.4 Å². The van der Waals surface area contributed by atoms with E-state index in [9.17, 15) is 4.79 Å². The van der Waals surface area contributed by atoms with Crippen LogP contribution in [0.3, 0.4) is 0 Å². The molecule has 0 fully saturated rings. The molecule has 1 heterocycles. The second kappa shape index (κ2) is 9.09. The monoisotopic (exact) mass is 410 g/mol. The van der Waals surface area contributed by atoms with E-state index in [2.05, 4.69) is 39.7 Å². The topological polar surface area (TPSA) is 76.1 Å². The van der Waals surface area contributed by atoms with Crippen molar-refractivity contribution in [2.24, 2.45) is 0 Å². The second-order valence-corrected chi connectivity index (χ2v) is 7.04. The van der Waals surface area contributed by atoms with Gasteiger partial charge in [0, 0.05) is 28.6 Å². The third-order valence-corrected chi connectivity index (χ3v) is 4.75. The van der Waals surface area contributed by atoms with Crippen LogP contribution in [0.2, 0.25) is 0 Å². The minimum absolute atomic E-state index is 0.180. The molecule has 6 nitrogen and oxygen atoms in total. The number of methoxy groups -OCH3 is 1. The molecule has 0 radical (unpaired) electrons. The van der Waals surface area contributed by atoms with E-state index in [0.717, 1.165) is 22.7 Å². The molecule has 0 aliphatic heterocycles. The third-order valence-electron chi connectivity index (χ3n) is 4.75. The predicted molar refractivity (Wildman–Crippen MR) is 123 cm³/mol. The lowest BCUT2D eigenvalue weighted by atomic mass is 10.1. The molecule has 0 spiro atoms. The Morgan fingerprint density at radius 2 is 1.61 bits per heavy atom. The summed E-state index contributed by atoms with van der Waals surface area (Å²) in [5.41, 5.74) is 5.15. The molecule has 0 saturated carbocycles. The summed E-state index contributed by atoms with van der Waals surface area (Å²) in [7, 11) is 1.61. The van der Waals surface area contributed by atoms with Crippen molar-refractivity contribution in [1.82, 2.24) is 9.97 Å². The fourth-order valence-corrected chi connectivity index (χ4v) is 3.12. The lowest BCUT2D eigenvalue weighted by Crippen LogP contribution is -2.11. The number of hydrogen-bond donors (Lipinski definition) is 2. The molecule has 4 aromatic rings.